The molecule has 1 aromatic heterocycles. The first kappa shape index (κ1) is 9.62. The molecule has 1 aromatic carbocycles. The highest BCUT2D eigenvalue weighted by atomic mass is 35.5. The van der Waals surface area contributed by atoms with Gasteiger partial charge in [0.25, 0.3) is 0 Å². The highest BCUT2D eigenvalue weighted by molar-refractivity contribution is 7.17. The van der Waals surface area contributed by atoms with Crippen molar-refractivity contribution < 1.29 is 9.18 Å². The monoisotopic (exact) mass is 228 g/mol. The van der Waals surface area contributed by atoms with Crippen LogP contribution in [0, 0.1) is 5.82 Å². The highest BCUT2D eigenvalue weighted by Crippen LogP contribution is 2.30. The molecule has 0 fully saturated rings. The van der Waals surface area contributed by atoms with Crippen molar-refractivity contribution in [1.82, 2.24) is 0 Å². The summed E-state index contributed by atoms with van der Waals surface area (Å²) in [6, 6.07) is 3.21. The highest BCUT2D eigenvalue weighted by Gasteiger charge is 2.10. The van der Waals surface area contributed by atoms with E-state index in [2.05, 4.69) is 0 Å². The van der Waals surface area contributed by atoms with E-state index in [4.69, 9.17) is 11.6 Å². The first-order valence-corrected chi connectivity index (χ1v) is 5.39. The molecular formula is C10H6ClFOS. The van der Waals surface area contributed by atoms with Gasteiger partial charge in [-0.1, -0.05) is 6.07 Å². The molecule has 14 heavy (non-hydrogen) atoms. The van der Waals surface area contributed by atoms with Crippen LogP contribution in [0.3, 0.4) is 0 Å². The lowest BCUT2D eigenvalue weighted by atomic mass is 10.1. The van der Waals surface area contributed by atoms with E-state index in [1.54, 1.807) is 6.07 Å². The van der Waals surface area contributed by atoms with Crippen LogP contribution in [-0.4, -0.2) is 6.29 Å². The first-order valence-electron chi connectivity index (χ1n) is 3.97. The molecule has 72 valence electrons. The van der Waals surface area contributed by atoms with E-state index in [1.807, 2.05) is 5.38 Å². The zero-order chi connectivity index (χ0) is 10.1. The first-order chi connectivity index (χ1) is 6.77. The molecule has 0 N–H and O–H groups in total. The number of aldehydes is 1. The number of alkyl halides is 1. The molecule has 0 spiro atoms. The lowest BCUT2D eigenvalue weighted by Crippen LogP contribution is -1.86. The van der Waals surface area contributed by atoms with Crippen LogP contribution in [0.2, 0.25) is 0 Å². The minimum atomic E-state index is -0.445. The van der Waals surface area contributed by atoms with Crippen molar-refractivity contribution in [3.63, 3.8) is 0 Å². The topological polar surface area (TPSA) is 17.1 Å². The lowest BCUT2D eigenvalue weighted by Gasteiger charge is -1.97. The number of carbonyl (C=O) groups is 1. The molecular weight excluding hydrogens is 223 g/mol. The van der Waals surface area contributed by atoms with E-state index in [9.17, 15) is 9.18 Å². The van der Waals surface area contributed by atoms with Crippen LogP contribution in [0.15, 0.2) is 17.5 Å². The Bertz CT molecular complexity index is 492. The predicted molar refractivity (Wildman–Crippen MR) is 56.7 cm³/mol. The number of thiophene rings is 1. The summed E-state index contributed by atoms with van der Waals surface area (Å²) in [5.41, 5.74) is 1.00. The van der Waals surface area contributed by atoms with Gasteiger partial charge in [-0.15, -0.1) is 22.9 Å². The summed E-state index contributed by atoms with van der Waals surface area (Å²) in [5.74, 6) is -0.0845. The summed E-state index contributed by atoms with van der Waals surface area (Å²) in [6.45, 7) is 0. The van der Waals surface area contributed by atoms with Gasteiger partial charge in [0.1, 0.15) is 0 Å². The molecule has 0 aliphatic carbocycles. The van der Waals surface area contributed by atoms with Crippen molar-refractivity contribution in [2.75, 3.05) is 0 Å². The van der Waals surface area contributed by atoms with E-state index in [0.717, 1.165) is 10.9 Å². The Morgan fingerprint density at radius 2 is 2.29 bits per heavy atom. The Hall–Kier alpha value is -0.930. The average Bonchev–Trinajstić information content (AvgIpc) is 2.62. The van der Waals surface area contributed by atoms with E-state index < -0.39 is 5.82 Å². The van der Waals surface area contributed by atoms with Gasteiger partial charge >= 0.3 is 0 Å². The molecule has 0 saturated heterocycles. The van der Waals surface area contributed by atoms with Crippen LogP contribution >= 0.6 is 22.9 Å². The molecule has 0 bridgehead atoms. The van der Waals surface area contributed by atoms with Crippen molar-refractivity contribution in [2.24, 2.45) is 0 Å². The van der Waals surface area contributed by atoms with Crippen LogP contribution in [-0.2, 0) is 5.88 Å². The molecule has 0 aliphatic heterocycles. The fraction of sp³-hybridized carbons (Fsp3) is 0.100. The lowest BCUT2D eigenvalue weighted by molar-refractivity contribution is 0.112. The van der Waals surface area contributed by atoms with Crippen LogP contribution in [0.4, 0.5) is 4.39 Å². The number of fused-ring (bicyclic) bond motifs is 1. The van der Waals surface area contributed by atoms with Crippen molar-refractivity contribution in [1.29, 1.82) is 0 Å². The largest absolute Gasteiger partial charge is 0.298 e. The molecule has 0 saturated carbocycles. The van der Waals surface area contributed by atoms with Gasteiger partial charge < -0.3 is 0 Å². The van der Waals surface area contributed by atoms with Crippen LogP contribution in [0.1, 0.15) is 15.9 Å². The maximum Gasteiger partial charge on any atom is 0.153 e. The summed E-state index contributed by atoms with van der Waals surface area (Å²) in [5, 5.41) is 2.61. The average molecular weight is 229 g/mol. The van der Waals surface area contributed by atoms with Crippen molar-refractivity contribution in [3.8, 4) is 0 Å². The molecule has 0 aliphatic rings. The Kier molecular flexibility index (Phi) is 2.52. The summed E-state index contributed by atoms with van der Waals surface area (Å²) in [7, 11) is 0. The molecule has 0 amide bonds. The van der Waals surface area contributed by atoms with E-state index in [1.165, 1.54) is 17.4 Å². The van der Waals surface area contributed by atoms with E-state index in [0.29, 0.717) is 16.9 Å². The zero-order valence-corrected chi connectivity index (χ0v) is 8.66. The minimum Gasteiger partial charge on any atom is -0.298 e. The fourth-order valence-corrected chi connectivity index (χ4v) is 2.66. The fourth-order valence-electron chi connectivity index (χ4n) is 1.33. The Morgan fingerprint density at radius 3 is 2.93 bits per heavy atom. The molecule has 0 unspecified atom stereocenters. The SMILES string of the molecule is O=Cc1ccc2c(CCl)csc2c1F. The summed E-state index contributed by atoms with van der Waals surface area (Å²) < 4.78 is 14.1. The number of benzene rings is 1. The van der Waals surface area contributed by atoms with Gasteiger partial charge in [0, 0.05) is 5.88 Å². The van der Waals surface area contributed by atoms with Gasteiger partial charge in [-0.25, -0.2) is 4.39 Å². The second-order valence-corrected chi connectivity index (χ2v) is 4.00. The van der Waals surface area contributed by atoms with Crippen molar-refractivity contribution in [2.45, 2.75) is 5.88 Å². The van der Waals surface area contributed by atoms with Gasteiger partial charge in [-0.05, 0) is 22.4 Å². The molecule has 4 heteroatoms. The number of hydrogen-bond donors (Lipinski definition) is 0. The molecule has 0 atom stereocenters. The molecule has 0 radical (unpaired) electrons. The van der Waals surface area contributed by atoms with Gasteiger partial charge in [0.15, 0.2) is 12.1 Å². The number of carbonyl (C=O) groups excluding carboxylic acids is 1. The molecule has 2 aromatic rings. The standard InChI is InChI=1S/C10H6ClFOS/c11-3-7-5-14-10-8(7)2-1-6(4-13)9(10)12/h1-2,4-5H,3H2. The third kappa shape index (κ3) is 1.33. The van der Waals surface area contributed by atoms with E-state index in [-0.39, 0.29) is 5.56 Å². The number of rotatable bonds is 2. The second kappa shape index (κ2) is 3.67. The molecule has 1 heterocycles. The third-order valence-electron chi connectivity index (χ3n) is 2.06. The molecule has 1 nitrogen and oxygen atoms in total. The molecule has 2 rings (SSSR count). The van der Waals surface area contributed by atoms with Crippen LogP contribution < -0.4 is 0 Å². The van der Waals surface area contributed by atoms with Gasteiger partial charge in [0.2, 0.25) is 0 Å². The van der Waals surface area contributed by atoms with Crippen molar-refractivity contribution >= 4 is 39.3 Å². The number of halogens is 2. The smallest absolute Gasteiger partial charge is 0.153 e. The Balaban J connectivity index is 2.78. The quantitative estimate of drug-likeness (QED) is 0.567. The van der Waals surface area contributed by atoms with Crippen LogP contribution in [0.5, 0.6) is 0 Å². The Morgan fingerprint density at radius 1 is 1.50 bits per heavy atom. The predicted octanol–water partition coefficient (Wildman–Crippen LogP) is 3.59. The van der Waals surface area contributed by atoms with Crippen molar-refractivity contribution in [3.05, 3.63) is 34.5 Å². The summed E-state index contributed by atoms with van der Waals surface area (Å²) >= 11 is 6.96. The zero-order valence-electron chi connectivity index (χ0n) is 7.09. The van der Waals surface area contributed by atoms with Gasteiger partial charge in [-0.3, -0.25) is 4.79 Å². The maximum absolute atomic E-state index is 13.6. The minimum absolute atomic E-state index is 0.0977. The van der Waals surface area contributed by atoms with Gasteiger partial charge in [0.05, 0.1) is 10.3 Å². The number of hydrogen-bond acceptors (Lipinski definition) is 2. The third-order valence-corrected chi connectivity index (χ3v) is 3.39. The summed E-state index contributed by atoms with van der Waals surface area (Å²) in [4.78, 5) is 10.5. The normalized spacial score (nSPS) is 10.7. The summed E-state index contributed by atoms with van der Waals surface area (Å²) in [6.07, 6.45) is 0.523. The second-order valence-electron chi connectivity index (χ2n) is 2.86. The van der Waals surface area contributed by atoms with E-state index >= 15 is 0 Å². The Labute approximate surface area is 89.1 Å². The van der Waals surface area contributed by atoms with Crippen LogP contribution in [0.25, 0.3) is 10.1 Å². The van der Waals surface area contributed by atoms with Gasteiger partial charge in [-0.2, -0.15) is 0 Å². The maximum atomic E-state index is 13.6.